The van der Waals surface area contributed by atoms with Crippen LogP contribution >= 0.6 is 0 Å². The summed E-state index contributed by atoms with van der Waals surface area (Å²) >= 11 is 0. The van der Waals surface area contributed by atoms with Gasteiger partial charge in [0.15, 0.2) is 0 Å². The van der Waals surface area contributed by atoms with Crippen molar-refractivity contribution in [2.75, 3.05) is 26.8 Å². The van der Waals surface area contributed by atoms with Gasteiger partial charge in [0.25, 0.3) is 0 Å². The Morgan fingerprint density at radius 3 is 2.29 bits per heavy atom. The Kier molecular flexibility index (Phi) is 8.40. The third-order valence-electron chi connectivity index (χ3n) is 2.49. The summed E-state index contributed by atoms with van der Waals surface area (Å²) in [6.07, 6.45) is 1.06. The minimum Gasteiger partial charge on any atom is -0.466 e. The van der Waals surface area contributed by atoms with Gasteiger partial charge in [-0.15, -0.1) is 0 Å². The lowest BCUT2D eigenvalue weighted by Gasteiger charge is -2.22. The predicted octanol–water partition coefficient (Wildman–Crippen LogP) is 1.21. The monoisotopic (exact) mass is 245 g/mol. The molecule has 0 radical (unpaired) electrons. The molecule has 0 aliphatic heterocycles. The molecule has 0 saturated heterocycles. The van der Waals surface area contributed by atoms with Crippen molar-refractivity contribution in [2.45, 2.75) is 39.7 Å². The van der Waals surface area contributed by atoms with Crippen molar-refractivity contribution in [3.05, 3.63) is 0 Å². The molecule has 100 valence electrons. The van der Waals surface area contributed by atoms with E-state index in [4.69, 9.17) is 9.47 Å². The number of likely N-dealkylation sites (N-methyl/N-ethyl adjacent to an activating group) is 1. The maximum absolute atomic E-state index is 11.4. The van der Waals surface area contributed by atoms with Gasteiger partial charge in [-0.25, -0.2) is 0 Å². The fourth-order valence-electron chi connectivity index (χ4n) is 1.34. The zero-order chi connectivity index (χ0) is 13.3. The van der Waals surface area contributed by atoms with Gasteiger partial charge in [-0.05, 0) is 40.8 Å². The van der Waals surface area contributed by atoms with Gasteiger partial charge in [-0.2, -0.15) is 0 Å². The molecule has 0 aromatic heterocycles. The van der Waals surface area contributed by atoms with Gasteiger partial charge in [0, 0.05) is 6.42 Å². The van der Waals surface area contributed by atoms with Crippen molar-refractivity contribution in [3.63, 3.8) is 0 Å². The van der Waals surface area contributed by atoms with Crippen molar-refractivity contribution in [1.82, 2.24) is 4.90 Å². The quantitative estimate of drug-likeness (QED) is 0.602. The third kappa shape index (κ3) is 6.94. The van der Waals surface area contributed by atoms with Gasteiger partial charge in [-0.3, -0.25) is 14.5 Å². The van der Waals surface area contributed by atoms with Gasteiger partial charge in [0.05, 0.1) is 13.2 Å². The minimum atomic E-state index is -0.280. The van der Waals surface area contributed by atoms with Crippen LogP contribution in [0, 0.1) is 0 Å². The topological polar surface area (TPSA) is 55.8 Å². The second-order valence-corrected chi connectivity index (χ2v) is 3.82. The molecule has 0 N–H and O–H groups in total. The number of nitrogens with zero attached hydrogens (tertiary/aromatic N) is 1. The highest BCUT2D eigenvalue weighted by Crippen LogP contribution is 2.02. The number of hydrogen-bond donors (Lipinski definition) is 0. The van der Waals surface area contributed by atoms with Crippen LogP contribution in [0.1, 0.15) is 33.6 Å². The number of esters is 2. The Morgan fingerprint density at radius 1 is 1.18 bits per heavy atom. The van der Waals surface area contributed by atoms with Gasteiger partial charge >= 0.3 is 11.9 Å². The standard InChI is InChI=1S/C12H23NO4/c1-5-16-11(14)8-7-9-13(4)10(3)12(15)17-6-2/h10H,5-9H2,1-4H3. The number of rotatable bonds is 8. The van der Waals surface area contributed by atoms with E-state index in [1.165, 1.54) is 0 Å². The van der Waals surface area contributed by atoms with Crippen molar-refractivity contribution in [3.8, 4) is 0 Å². The summed E-state index contributed by atoms with van der Waals surface area (Å²) in [5, 5.41) is 0. The average Bonchev–Trinajstić information content (AvgIpc) is 2.28. The summed E-state index contributed by atoms with van der Waals surface area (Å²) in [6.45, 7) is 6.83. The smallest absolute Gasteiger partial charge is 0.323 e. The largest absolute Gasteiger partial charge is 0.466 e. The molecule has 0 spiro atoms. The molecule has 0 heterocycles. The summed E-state index contributed by atoms with van der Waals surface area (Å²) in [5.41, 5.74) is 0. The average molecular weight is 245 g/mol. The lowest BCUT2D eigenvalue weighted by molar-refractivity contribution is -0.148. The van der Waals surface area contributed by atoms with Crippen LogP contribution in [0.5, 0.6) is 0 Å². The van der Waals surface area contributed by atoms with E-state index in [0.717, 1.165) is 0 Å². The summed E-state index contributed by atoms with van der Waals surface area (Å²) < 4.78 is 9.74. The van der Waals surface area contributed by atoms with E-state index in [0.29, 0.717) is 32.6 Å². The Bertz CT molecular complexity index is 243. The second kappa shape index (κ2) is 8.98. The van der Waals surface area contributed by atoms with Crippen molar-refractivity contribution in [2.24, 2.45) is 0 Å². The Balaban J connectivity index is 3.81. The highest BCUT2D eigenvalue weighted by atomic mass is 16.5. The van der Waals surface area contributed by atoms with E-state index in [-0.39, 0.29) is 18.0 Å². The molecule has 5 nitrogen and oxygen atoms in total. The van der Waals surface area contributed by atoms with Crippen LogP contribution in [0.4, 0.5) is 0 Å². The van der Waals surface area contributed by atoms with Gasteiger partial charge in [-0.1, -0.05) is 0 Å². The Hall–Kier alpha value is -1.10. The zero-order valence-corrected chi connectivity index (χ0v) is 11.2. The molecule has 0 fully saturated rings. The number of ether oxygens (including phenoxy) is 2. The number of carbonyl (C=O) groups is 2. The van der Waals surface area contributed by atoms with Gasteiger partial charge < -0.3 is 9.47 Å². The molecular formula is C12H23NO4. The molecule has 17 heavy (non-hydrogen) atoms. The summed E-state index contributed by atoms with van der Waals surface area (Å²) in [4.78, 5) is 24.4. The molecular weight excluding hydrogens is 222 g/mol. The van der Waals surface area contributed by atoms with Crippen LogP contribution in [0.3, 0.4) is 0 Å². The lowest BCUT2D eigenvalue weighted by Crippen LogP contribution is -2.38. The van der Waals surface area contributed by atoms with Crippen LogP contribution in [-0.2, 0) is 19.1 Å². The molecule has 0 aliphatic rings. The first kappa shape index (κ1) is 15.9. The normalized spacial score (nSPS) is 12.3. The fourth-order valence-corrected chi connectivity index (χ4v) is 1.34. The maximum atomic E-state index is 11.4. The molecule has 5 heteroatoms. The van der Waals surface area contributed by atoms with Crippen molar-refractivity contribution < 1.29 is 19.1 Å². The van der Waals surface area contributed by atoms with Crippen LogP contribution < -0.4 is 0 Å². The van der Waals surface area contributed by atoms with Crippen molar-refractivity contribution >= 4 is 11.9 Å². The van der Waals surface area contributed by atoms with Gasteiger partial charge in [0.1, 0.15) is 6.04 Å². The molecule has 0 amide bonds. The van der Waals surface area contributed by atoms with Gasteiger partial charge in [0.2, 0.25) is 0 Å². The number of hydrogen-bond acceptors (Lipinski definition) is 5. The molecule has 0 bridgehead atoms. The van der Waals surface area contributed by atoms with Crippen LogP contribution in [0.2, 0.25) is 0 Å². The van der Waals surface area contributed by atoms with E-state index < -0.39 is 0 Å². The molecule has 1 unspecified atom stereocenters. The SMILES string of the molecule is CCOC(=O)CCCN(C)C(C)C(=O)OCC. The molecule has 0 aromatic rings. The maximum Gasteiger partial charge on any atom is 0.323 e. The van der Waals surface area contributed by atoms with E-state index in [1.807, 2.05) is 11.9 Å². The first-order valence-corrected chi connectivity index (χ1v) is 6.05. The highest BCUT2D eigenvalue weighted by molar-refractivity contribution is 5.75. The van der Waals surface area contributed by atoms with E-state index in [2.05, 4.69) is 0 Å². The second-order valence-electron chi connectivity index (χ2n) is 3.82. The first-order chi connectivity index (χ1) is 8.02. The number of carbonyl (C=O) groups excluding carboxylic acids is 2. The summed E-state index contributed by atoms with van der Waals surface area (Å²) in [6, 6.07) is -0.280. The molecule has 0 aromatic carbocycles. The van der Waals surface area contributed by atoms with E-state index in [9.17, 15) is 9.59 Å². The van der Waals surface area contributed by atoms with Crippen LogP contribution in [0.15, 0.2) is 0 Å². The van der Waals surface area contributed by atoms with E-state index in [1.54, 1.807) is 20.8 Å². The highest BCUT2D eigenvalue weighted by Gasteiger charge is 2.18. The third-order valence-corrected chi connectivity index (χ3v) is 2.49. The summed E-state index contributed by atoms with van der Waals surface area (Å²) in [5.74, 6) is -0.421. The molecule has 0 saturated carbocycles. The first-order valence-electron chi connectivity index (χ1n) is 6.05. The summed E-state index contributed by atoms with van der Waals surface area (Å²) in [7, 11) is 1.84. The zero-order valence-electron chi connectivity index (χ0n) is 11.2. The minimum absolute atomic E-state index is 0.190. The fraction of sp³-hybridized carbons (Fsp3) is 0.833. The van der Waals surface area contributed by atoms with E-state index >= 15 is 0 Å². The lowest BCUT2D eigenvalue weighted by atomic mass is 10.2. The van der Waals surface area contributed by atoms with Crippen LogP contribution in [-0.4, -0.2) is 49.7 Å². The van der Waals surface area contributed by atoms with Crippen molar-refractivity contribution in [1.29, 1.82) is 0 Å². The van der Waals surface area contributed by atoms with Crippen LogP contribution in [0.25, 0.3) is 0 Å². The molecule has 0 aliphatic carbocycles. The molecule has 1 atom stereocenters. The predicted molar refractivity (Wildman–Crippen MR) is 64.6 cm³/mol. The molecule has 0 rings (SSSR count). The Labute approximate surface area is 103 Å². The Morgan fingerprint density at radius 2 is 1.76 bits per heavy atom.